The Balaban J connectivity index is 2.45. The molecule has 0 aliphatic heterocycles. The van der Waals surface area contributed by atoms with E-state index in [4.69, 9.17) is 5.73 Å². The van der Waals surface area contributed by atoms with Gasteiger partial charge in [-0.3, -0.25) is 4.79 Å². The summed E-state index contributed by atoms with van der Waals surface area (Å²) in [6, 6.07) is 12.6. The molecule has 1 amide bonds. The van der Waals surface area contributed by atoms with Crippen molar-refractivity contribution in [3.8, 4) is 0 Å². The van der Waals surface area contributed by atoms with Crippen LogP contribution in [-0.2, 0) is 0 Å². The standard InChI is InChI=1S/C15H14BrIN2O2/c16-10-5-6-12(17)11(9-10)15(21)19(7-8-20)14-4-2-1-3-13(14)18/h1-6,9,20H,7-8,18H2. The average Bonchev–Trinajstić information content (AvgIpc) is 2.47. The predicted molar refractivity (Wildman–Crippen MR) is 96.5 cm³/mol. The second-order valence-corrected chi connectivity index (χ2v) is 6.44. The maximum Gasteiger partial charge on any atom is 0.259 e. The Labute approximate surface area is 145 Å². The molecule has 0 heterocycles. The van der Waals surface area contributed by atoms with Crippen molar-refractivity contribution in [2.45, 2.75) is 0 Å². The molecule has 0 unspecified atom stereocenters. The van der Waals surface area contributed by atoms with Gasteiger partial charge in [0.15, 0.2) is 0 Å². The number of nitrogens with two attached hydrogens (primary N) is 1. The van der Waals surface area contributed by atoms with Crippen LogP contribution in [0.25, 0.3) is 0 Å². The monoisotopic (exact) mass is 460 g/mol. The third-order valence-corrected chi connectivity index (χ3v) is 4.39. The van der Waals surface area contributed by atoms with Crippen LogP contribution >= 0.6 is 38.5 Å². The molecule has 2 rings (SSSR count). The molecule has 3 N–H and O–H groups in total. The topological polar surface area (TPSA) is 66.6 Å². The van der Waals surface area contributed by atoms with Crippen molar-refractivity contribution in [1.29, 1.82) is 0 Å². The van der Waals surface area contributed by atoms with Gasteiger partial charge >= 0.3 is 0 Å². The van der Waals surface area contributed by atoms with Gasteiger partial charge in [0.2, 0.25) is 0 Å². The molecule has 0 aromatic heterocycles. The number of benzene rings is 2. The fourth-order valence-corrected chi connectivity index (χ4v) is 2.90. The lowest BCUT2D eigenvalue weighted by molar-refractivity contribution is 0.0980. The number of aliphatic hydroxyl groups excluding tert-OH is 1. The number of hydrogen-bond acceptors (Lipinski definition) is 3. The van der Waals surface area contributed by atoms with E-state index in [-0.39, 0.29) is 19.1 Å². The number of anilines is 2. The summed E-state index contributed by atoms with van der Waals surface area (Å²) in [5.74, 6) is -0.187. The van der Waals surface area contributed by atoms with Gasteiger partial charge < -0.3 is 15.7 Å². The largest absolute Gasteiger partial charge is 0.397 e. The first-order chi connectivity index (χ1) is 10.0. The number of carbonyl (C=O) groups excluding carboxylic acids is 1. The van der Waals surface area contributed by atoms with Crippen LogP contribution in [0.15, 0.2) is 46.9 Å². The maximum absolute atomic E-state index is 12.8. The van der Waals surface area contributed by atoms with Crippen molar-refractivity contribution in [3.63, 3.8) is 0 Å². The van der Waals surface area contributed by atoms with Crippen LogP contribution in [0.2, 0.25) is 0 Å². The van der Waals surface area contributed by atoms with E-state index in [0.29, 0.717) is 16.9 Å². The Morgan fingerprint density at radius 3 is 2.67 bits per heavy atom. The van der Waals surface area contributed by atoms with Gasteiger partial charge in [-0.2, -0.15) is 0 Å². The fraction of sp³-hybridized carbons (Fsp3) is 0.133. The molecule has 110 valence electrons. The van der Waals surface area contributed by atoms with Crippen molar-refractivity contribution in [1.82, 2.24) is 0 Å². The smallest absolute Gasteiger partial charge is 0.259 e. The molecular formula is C15H14BrIN2O2. The average molecular weight is 461 g/mol. The molecule has 0 spiro atoms. The molecule has 2 aromatic rings. The first-order valence-corrected chi connectivity index (χ1v) is 8.14. The number of nitrogen functional groups attached to an aromatic ring is 1. The molecule has 0 saturated heterocycles. The number of para-hydroxylation sites is 2. The molecule has 0 radical (unpaired) electrons. The maximum atomic E-state index is 12.8. The lowest BCUT2D eigenvalue weighted by atomic mass is 10.1. The van der Waals surface area contributed by atoms with E-state index in [1.165, 1.54) is 4.90 Å². The fourth-order valence-electron chi connectivity index (χ4n) is 1.97. The van der Waals surface area contributed by atoms with Gasteiger partial charge in [-0.05, 0) is 52.9 Å². The van der Waals surface area contributed by atoms with Crippen molar-refractivity contribution in [2.75, 3.05) is 23.8 Å². The van der Waals surface area contributed by atoms with E-state index < -0.39 is 0 Å². The molecular weight excluding hydrogens is 447 g/mol. The van der Waals surface area contributed by atoms with Crippen LogP contribution < -0.4 is 10.6 Å². The van der Waals surface area contributed by atoms with E-state index >= 15 is 0 Å². The highest BCUT2D eigenvalue weighted by atomic mass is 127. The highest BCUT2D eigenvalue weighted by Crippen LogP contribution is 2.26. The third-order valence-electron chi connectivity index (χ3n) is 2.96. The SMILES string of the molecule is Nc1ccccc1N(CCO)C(=O)c1cc(Br)ccc1I. The molecule has 0 bridgehead atoms. The van der Waals surface area contributed by atoms with Crippen LogP contribution in [0.4, 0.5) is 11.4 Å². The molecule has 2 aromatic carbocycles. The first-order valence-electron chi connectivity index (χ1n) is 6.27. The van der Waals surface area contributed by atoms with Crippen molar-refractivity contribution < 1.29 is 9.90 Å². The number of hydrogen-bond donors (Lipinski definition) is 2. The molecule has 0 atom stereocenters. The Kier molecular flexibility index (Phi) is 5.60. The number of rotatable bonds is 4. The van der Waals surface area contributed by atoms with E-state index in [1.807, 2.05) is 24.3 Å². The third kappa shape index (κ3) is 3.75. The van der Waals surface area contributed by atoms with Crippen molar-refractivity contribution in [2.24, 2.45) is 0 Å². The summed E-state index contributed by atoms with van der Waals surface area (Å²) < 4.78 is 1.68. The van der Waals surface area contributed by atoms with Gasteiger partial charge in [0.05, 0.1) is 23.5 Å². The zero-order valence-corrected chi connectivity index (χ0v) is 14.8. The van der Waals surface area contributed by atoms with Gasteiger partial charge in [-0.25, -0.2) is 0 Å². The molecule has 6 heteroatoms. The lowest BCUT2D eigenvalue weighted by Crippen LogP contribution is -2.34. The van der Waals surface area contributed by atoms with Crippen molar-refractivity contribution in [3.05, 3.63) is 56.1 Å². The van der Waals surface area contributed by atoms with Crippen molar-refractivity contribution >= 4 is 55.8 Å². The Hall–Kier alpha value is -1.12. The minimum absolute atomic E-state index is 0.134. The van der Waals surface area contributed by atoms with Gasteiger partial charge in [0.1, 0.15) is 0 Å². The Morgan fingerprint density at radius 2 is 2.00 bits per heavy atom. The summed E-state index contributed by atoms with van der Waals surface area (Å²) in [5.41, 5.74) is 7.63. The van der Waals surface area contributed by atoms with Crippen LogP contribution in [0.5, 0.6) is 0 Å². The lowest BCUT2D eigenvalue weighted by Gasteiger charge is -2.24. The summed E-state index contributed by atoms with van der Waals surface area (Å²) in [7, 11) is 0. The van der Waals surface area contributed by atoms with Gasteiger partial charge in [-0.1, -0.05) is 28.1 Å². The minimum Gasteiger partial charge on any atom is -0.397 e. The van der Waals surface area contributed by atoms with Crippen LogP contribution in [0, 0.1) is 3.57 Å². The number of halogens is 2. The normalized spacial score (nSPS) is 10.4. The highest BCUT2D eigenvalue weighted by Gasteiger charge is 2.21. The van der Waals surface area contributed by atoms with E-state index in [0.717, 1.165) is 8.04 Å². The van der Waals surface area contributed by atoms with E-state index in [2.05, 4.69) is 38.5 Å². The van der Waals surface area contributed by atoms with Crippen LogP contribution in [-0.4, -0.2) is 24.2 Å². The number of aliphatic hydroxyl groups is 1. The molecule has 21 heavy (non-hydrogen) atoms. The first kappa shape index (κ1) is 16.3. The summed E-state index contributed by atoms with van der Waals surface area (Å²) in [4.78, 5) is 14.3. The Bertz CT molecular complexity index is 664. The zero-order valence-electron chi connectivity index (χ0n) is 11.1. The van der Waals surface area contributed by atoms with Crippen LogP contribution in [0.3, 0.4) is 0 Å². The summed E-state index contributed by atoms with van der Waals surface area (Å²) >= 11 is 5.50. The molecule has 0 saturated carbocycles. The summed E-state index contributed by atoms with van der Waals surface area (Å²) in [5, 5.41) is 9.26. The van der Waals surface area contributed by atoms with Gasteiger partial charge in [0, 0.05) is 14.6 Å². The van der Waals surface area contributed by atoms with Crippen LogP contribution in [0.1, 0.15) is 10.4 Å². The van der Waals surface area contributed by atoms with E-state index in [1.54, 1.807) is 18.2 Å². The molecule has 0 aliphatic carbocycles. The number of amides is 1. The number of carbonyl (C=O) groups is 1. The van der Waals surface area contributed by atoms with Gasteiger partial charge in [-0.15, -0.1) is 0 Å². The summed E-state index contributed by atoms with van der Waals surface area (Å²) in [6.45, 7) is 0.0558. The zero-order chi connectivity index (χ0) is 15.4. The Morgan fingerprint density at radius 1 is 1.29 bits per heavy atom. The van der Waals surface area contributed by atoms with E-state index in [9.17, 15) is 9.90 Å². The minimum atomic E-state index is -0.187. The molecule has 0 fully saturated rings. The number of nitrogens with zero attached hydrogens (tertiary/aromatic N) is 1. The highest BCUT2D eigenvalue weighted by molar-refractivity contribution is 14.1. The molecule has 4 nitrogen and oxygen atoms in total. The second-order valence-electron chi connectivity index (χ2n) is 4.36. The predicted octanol–water partition coefficient (Wildman–Crippen LogP) is 3.28. The second kappa shape index (κ2) is 7.24. The molecule has 0 aliphatic rings. The van der Waals surface area contributed by atoms with Gasteiger partial charge in [0.25, 0.3) is 5.91 Å². The quantitative estimate of drug-likeness (QED) is 0.543. The summed E-state index contributed by atoms with van der Waals surface area (Å²) in [6.07, 6.45) is 0.